The van der Waals surface area contributed by atoms with Crippen LogP contribution in [0.5, 0.6) is 0 Å². The van der Waals surface area contributed by atoms with Crippen LogP contribution in [0.4, 0.5) is 0 Å². The zero-order valence-electron chi connectivity index (χ0n) is 9.29. The standard InChI is InChI=1S/C11H12BrN3OS/c1-2-8(3-4-13)15-10(16)9-5-7(12)6-14-11(9)17/h5-6,8H,2-3H2,1H3,(H,14,17)(H,15,16)/t8-/m1/s1. The van der Waals surface area contributed by atoms with Crippen molar-refractivity contribution in [1.82, 2.24) is 10.3 Å². The van der Waals surface area contributed by atoms with Crippen LogP contribution in [-0.2, 0) is 0 Å². The van der Waals surface area contributed by atoms with Gasteiger partial charge in [0.05, 0.1) is 18.1 Å². The Bertz CT molecular complexity index is 506. The molecule has 0 aliphatic heterocycles. The van der Waals surface area contributed by atoms with Crippen LogP contribution in [0.25, 0.3) is 0 Å². The fourth-order valence-corrected chi connectivity index (χ4v) is 1.85. The highest BCUT2D eigenvalue weighted by molar-refractivity contribution is 9.10. The van der Waals surface area contributed by atoms with Gasteiger partial charge in [-0.15, -0.1) is 0 Å². The molecule has 0 aromatic carbocycles. The van der Waals surface area contributed by atoms with E-state index in [1.165, 1.54) is 0 Å². The Hall–Kier alpha value is -1.19. The van der Waals surface area contributed by atoms with Gasteiger partial charge in [0.15, 0.2) is 0 Å². The van der Waals surface area contributed by atoms with Crippen LogP contribution in [0.15, 0.2) is 16.7 Å². The second kappa shape index (κ2) is 6.52. The first kappa shape index (κ1) is 13.9. The van der Waals surface area contributed by atoms with Crippen molar-refractivity contribution in [2.24, 2.45) is 0 Å². The van der Waals surface area contributed by atoms with Gasteiger partial charge in [-0.2, -0.15) is 5.26 Å². The molecule has 1 rings (SSSR count). The van der Waals surface area contributed by atoms with Crippen molar-refractivity contribution in [3.8, 4) is 6.07 Å². The molecular formula is C11H12BrN3OS. The van der Waals surface area contributed by atoms with E-state index in [2.05, 4.69) is 26.2 Å². The maximum atomic E-state index is 11.9. The average Bonchev–Trinajstić information content (AvgIpc) is 2.31. The molecule has 1 heterocycles. The molecule has 1 atom stereocenters. The summed E-state index contributed by atoms with van der Waals surface area (Å²) in [5.41, 5.74) is 0.408. The monoisotopic (exact) mass is 313 g/mol. The summed E-state index contributed by atoms with van der Waals surface area (Å²) in [6, 6.07) is 3.57. The summed E-state index contributed by atoms with van der Waals surface area (Å²) >= 11 is 8.31. The molecule has 90 valence electrons. The van der Waals surface area contributed by atoms with E-state index in [1.807, 2.05) is 13.0 Å². The fourth-order valence-electron chi connectivity index (χ4n) is 1.30. The summed E-state index contributed by atoms with van der Waals surface area (Å²) in [4.78, 5) is 14.7. The van der Waals surface area contributed by atoms with Gasteiger partial charge in [0.25, 0.3) is 5.91 Å². The number of aromatic amines is 1. The smallest absolute Gasteiger partial charge is 0.254 e. The lowest BCUT2D eigenvalue weighted by molar-refractivity contribution is 0.0935. The number of nitrogens with zero attached hydrogens (tertiary/aromatic N) is 1. The van der Waals surface area contributed by atoms with E-state index in [9.17, 15) is 4.79 Å². The number of hydrogen-bond acceptors (Lipinski definition) is 3. The summed E-state index contributed by atoms with van der Waals surface area (Å²) in [6.45, 7) is 1.92. The molecule has 0 radical (unpaired) electrons. The first-order chi connectivity index (χ1) is 8.08. The molecule has 1 aromatic rings. The summed E-state index contributed by atoms with van der Waals surface area (Å²) in [5, 5.41) is 11.4. The van der Waals surface area contributed by atoms with Gasteiger partial charge in [0.1, 0.15) is 4.64 Å². The van der Waals surface area contributed by atoms with Crippen molar-refractivity contribution >= 4 is 34.1 Å². The highest BCUT2D eigenvalue weighted by Gasteiger charge is 2.13. The molecule has 0 fully saturated rings. The van der Waals surface area contributed by atoms with E-state index in [0.717, 1.165) is 4.47 Å². The van der Waals surface area contributed by atoms with E-state index in [4.69, 9.17) is 17.5 Å². The second-order valence-corrected chi connectivity index (χ2v) is 4.83. The average molecular weight is 314 g/mol. The maximum absolute atomic E-state index is 11.9. The van der Waals surface area contributed by atoms with Crippen molar-refractivity contribution < 1.29 is 4.79 Å². The number of aromatic nitrogens is 1. The molecule has 1 amide bonds. The molecule has 0 saturated carbocycles. The lowest BCUT2D eigenvalue weighted by Crippen LogP contribution is -2.34. The third-order valence-corrected chi connectivity index (χ3v) is 3.07. The largest absolute Gasteiger partial charge is 0.351 e. The molecule has 0 aliphatic carbocycles. The molecule has 17 heavy (non-hydrogen) atoms. The fraction of sp³-hybridized carbons (Fsp3) is 0.364. The molecule has 0 bridgehead atoms. The maximum Gasteiger partial charge on any atom is 0.254 e. The number of pyridine rings is 1. The number of rotatable bonds is 4. The van der Waals surface area contributed by atoms with E-state index in [-0.39, 0.29) is 11.9 Å². The van der Waals surface area contributed by atoms with Crippen molar-refractivity contribution in [1.29, 1.82) is 5.26 Å². The van der Waals surface area contributed by atoms with Gasteiger partial charge in [-0.25, -0.2) is 0 Å². The molecule has 0 unspecified atom stereocenters. The van der Waals surface area contributed by atoms with Gasteiger partial charge in [-0.1, -0.05) is 19.1 Å². The Morgan fingerprint density at radius 3 is 3.06 bits per heavy atom. The van der Waals surface area contributed by atoms with E-state index >= 15 is 0 Å². The minimum atomic E-state index is -0.255. The number of carbonyl (C=O) groups excluding carboxylic acids is 1. The molecule has 1 aromatic heterocycles. The normalized spacial score (nSPS) is 11.6. The van der Waals surface area contributed by atoms with Crippen LogP contribution >= 0.6 is 28.1 Å². The Morgan fingerprint density at radius 2 is 2.47 bits per heavy atom. The predicted octanol–water partition coefficient (Wildman–Crippen LogP) is 2.93. The number of nitriles is 1. The Balaban J connectivity index is 2.86. The quantitative estimate of drug-likeness (QED) is 0.840. The van der Waals surface area contributed by atoms with Crippen LogP contribution in [0, 0.1) is 16.0 Å². The zero-order valence-corrected chi connectivity index (χ0v) is 11.7. The number of H-pyrrole nitrogens is 1. The number of halogens is 1. The summed E-state index contributed by atoms with van der Waals surface area (Å²) in [6.07, 6.45) is 2.68. The predicted molar refractivity (Wildman–Crippen MR) is 71.1 cm³/mol. The lowest BCUT2D eigenvalue weighted by atomic mass is 10.1. The summed E-state index contributed by atoms with van der Waals surface area (Å²) < 4.78 is 1.14. The van der Waals surface area contributed by atoms with Crippen molar-refractivity contribution in [2.75, 3.05) is 0 Å². The SMILES string of the molecule is CC[C@H](CC#N)NC(=O)c1cc(Br)c[nH]c1=S. The number of hydrogen-bond donors (Lipinski definition) is 2. The Kier molecular flexibility index (Phi) is 5.32. The topological polar surface area (TPSA) is 68.7 Å². The van der Waals surface area contributed by atoms with Crippen LogP contribution in [-0.4, -0.2) is 16.9 Å². The van der Waals surface area contributed by atoms with Crippen molar-refractivity contribution in [3.63, 3.8) is 0 Å². The Labute approximate surface area is 113 Å². The van der Waals surface area contributed by atoms with Crippen LogP contribution < -0.4 is 5.32 Å². The van der Waals surface area contributed by atoms with E-state index in [0.29, 0.717) is 23.0 Å². The molecule has 6 heteroatoms. The lowest BCUT2D eigenvalue weighted by Gasteiger charge is -2.13. The van der Waals surface area contributed by atoms with E-state index < -0.39 is 0 Å². The minimum absolute atomic E-state index is 0.138. The summed E-state index contributed by atoms with van der Waals surface area (Å²) in [7, 11) is 0. The number of carbonyl (C=O) groups is 1. The van der Waals surface area contributed by atoms with Gasteiger partial charge in [-0.3, -0.25) is 4.79 Å². The van der Waals surface area contributed by atoms with Gasteiger partial charge in [-0.05, 0) is 28.4 Å². The van der Waals surface area contributed by atoms with Gasteiger partial charge in [0.2, 0.25) is 0 Å². The minimum Gasteiger partial charge on any atom is -0.351 e. The molecular weight excluding hydrogens is 302 g/mol. The van der Waals surface area contributed by atoms with Crippen LogP contribution in [0.1, 0.15) is 30.1 Å². The molecule has 0 saturated heterocycles. The van der Waals surface area contributed by atoms with E-state index in [1.54, 1.807) is 12.3 Å². The third kappa shape index (κ3) is 3.95. The molecule has 0 spiro atoms. The van der Waals surface area contributed by atoms with Crippen molar-refractivity contribution in [3.05, 3.63) is 26.9 Å². The molecule has 2 N–H and O–H groups in total. The highest BCUT2D eigenvalue weighted by atomic mass is 79.9. The zero-order chi connectivity index (χ0) is 12.8. The Morgan fingerprint density at radius 1 is 1.76 bits per heavy atom. The molecule has 0 aliphatic rings. The first-order valence-electron chi connectivity index (χ1n) is 5.14. The number of nitrogens with one attached hydrogen (secondary N) is 2. The second-order valence-electron chi connectivity index (χ2n) is 3.50. The highest BCUT2D eigenvalue weighted by Crippen LogP contribution is 2.11. The molecule has 4 nitrogen and oxygen atoms in total. The van der Waals surface area contributed by atoms with Crippen LogP contribution in [0.3, 0.4) is 0 Å². The first-order valence-corrected chi connectivity index (χ1v) is 6.34. The van der Waals surface area contributed by atoms with Gasteiger partial charge >= 0.3 is 0 Å². The van der Waals surface area contributed by atoms with Crippen molar-refractivity contribution in [2.45, 2.75) is 25.8 Å². The van der Waals surface area contributed by atoms with Crippen LogP contribution in [0.2, 0.25) is 0 Å². The third-order valence-electron chi connectivity index (χ3n) is 2.28. The summed E-state index contributed by atoms with van der Waals surface area (Å²) in [5.74, 6) is -0.255. The van der Waals surface area contributed by atoms with Gasteiger partial charge < -0.3 is 10.3 Å². The number of amides is 1. The van der Waals surface area contributed by atoms with Gasteiger partial charge in [0, 0.05) is 16.7 Å².